The van der Waals surface area contributed by atoms with Crippen molar-refractivity contribution in [3.63, 3.8) is 0 Å². The quantitative estimate of drug-likeness (QED) is 0.657. The summed E-state index contributed by atoms with van der Waals surface area (Å²) in [6, 6.07) is 15.3. The van der Waals surface area contributed by atoms with E-state index >= 15 is 0 Å². The highest BCUT2D eigenvalue weighted by Gasteiger charge is 2.23. The van der Waals surface area contributed by atoms with E-state index < -0.39 is 0 Å². The first-order valence-corrected chi connectivity index (χ1v) is 9.78. The van der Waals surface area contributed by atoms with Crippen LogP contribution in [0.5, 0.6) is 5.75 Å². The number of methoxy groups -OCH3 is 1. The number of hydrogen-bond donors (Lipinski definition) is 0. The first-order chi connectivity index (χ1) is 14.1. The maximum Gasteiger partial charge on any atom is 0.257 e. The van der Waals surface area contributed by atoms with Crippen molar-refractivity contribution in [1.29, 1.82) is 0 Å². The summed E-state index contributed by atoms with van der Waals surface area (Å²) in [4.78, 5) is 25.6. The predicted molar refractivity (Wildman–Crippen MR) is 114 cm³/mol. The predicted octanol–water partition coefficient (Wildman–Crippen LogP) is 3.77. The molecule has 1 fully saturated rings. The minimum Gasteiger partial charge on any atom is -0.497 e. The molecule has 4 rings (SSSR count). The highest BCUT2D eigenvalue weighted by atomic mass is 35.5. The maximum absolute atomic E-state index is 12.8. The van der Waals surface area contributed by atoms with Crippen molar-refractivity contribution in [3.05, 3.63) is 71.5 Å². The van der Waals surface area contributed by atoms with Gasteiger partial charge in [-0.1, -0.05) is 11.6 Å². The Morgan fingerprint density at radius 1 is 0.931 bits per heavy atom. The van der Waals surface area contributed by atoms with Crippen LogP contribution in [0.15, 0.2) is 60.9 Å². The van der Waals surface area contributed by atoms with Crippen molar-refractivity contribution in [2.45, 2.75) is 0 Å². The first kappa shape index (κ1) is 19.2. The molecule has 1 aromatic heterocycles. The normalized spacial score (nSPS) is 14.0. The van der Waals surface area contributed by atoms with Gasteiger partial charge in [-0.05, 0) is 48.5 Å². The van der Waals surface area contributed by atoms with E-state index in [-0.39, 0.29) is 5.91 Å². The number of carbonyl (C=O) groups is 1. The van der Waals surface area contributed by atoms with E-state index in [1.165, 1.54) is 0 Å². The number of rotatable bonds is 4. The van der Waals surface area contributed by atoms with Crippen molar-refractivity contribution in [2.75, 3.05) is 38.2 Å². The zero-order valence-corrected chi connectivity index (χ0v) is 16.8. The zero-order chi connectivity index (χ0) is 20.2. The molecule has 2 aromatic carbocycles. The highest BCUT2D eigenvalue weighted by molar-refractivity contribution is 6.30. The molecule has 0 spiro atoms. The number of aromatic nitrogens is 2. The number of benzene rings is 2. The third-order valence-electron chi connectivity index (χ3n) is 5.01. The summed E-state index contributed by atoms with van der Waals surface area (Å²) in [6.45, 7) is 2.87. The average Bonchev–Trinajstić information content (AvgIpc) is 2.79. The van der Waals surface area contributed by atoms with E-state index in [1.807, 2.05) is 41.3 Å². The SMILES string of the molecule is COc1ccc(N2CCN(C(=O)c3cnc(-c4ccc(Cl)cc4)nc3)CC2)cc1. The Morgan fingerprint density at radius 2 is 1.55 bits per heavy atom. The molecule has 1 aliphatic rings. The number of amides is 1. The van der Waals surface area contributed by atoms with Crippen LogP contribution in [0.4, 0.5) is 5.69 Å². The minimum atomic E-state index is -0.0398. The number of piperazine rings is 1. The van der Waals surface area contributed by atoms with Gasteiger partial charge in [-0.2, -0.15) is 0 Å². The highest BCUT2D eigenvalue weighted by Crippen LogP contribution is 2.21. The average molecular weight is 409 g/mol. The number of halogens is 1. The number of hydrogen-bond acceptors (Lipinski definition) is 5. The summed E-state index contributed by atoms with van der Waals surface area (Å²) in [7, 11) is 1.66. The van der Waals surface area contributed by atoms with Gasteiger partial charge < -0.3 is 14.5 Å². The maximum atomic E-state index is 12.8. The van der Waals surface area contributed by atoms with Gasteiger partial charge in [0.1, 0.15) is 5.75 Å². The van der Waals surface area contributed by atoms with E-state index in [4.69, 9.17) is 16.3 Å². The van der Waals surface area contributed by atoms with Gasteiger partial charge in [0.2, 0.25) is 0 Å². The largest absolute Gasteiger partial charge is 0.497 e. The Labute approximate surface area is 174 Å². The Balaban J connectivity index is 1.38. The molecule has 29 heavy (non-hydrogen) atoms. The van der Waals surface area contributed by atoms with Gasteiger partial charge in [-0.3, -0.25) is 4.79 Å². The molecule has 0 bridgehead atoms. The molecular weight excluding hydrogens is 388 g/mol. The van der Waals surface area contributed by atoms with Crippen molar-refractivity contribution in [2.24, 2.45) is 0 Å². The van der Waals surface area contributed by atoms with Crippen molar-refractivity contribution < 1.29 is 9.53 Å². The van der Waals surface area contributed by atoms with E-state index in [0.717, 1.165) is 30.1 Å². The van der Waals surface area contributed by atoms with Crippen LogP contribution in [-0.4, -0.2) is 54.1 Å². The van der Waals surface area contributed by atoms with Gasteiger partial charge in [-0.15, -0.1) is 0 Å². The Hall–Kier alpha value is -3.12. The molecule has 2 heterocycles. The van der Waals surface area contributed by atoms with Crippen LogP contribution < -0.4 is 9.64 Å². The van der Waals surface area contributed by atoms with Crippen LogP contribution in [0.2, 0.25) is 5.02 Å². The fourth-order valence-corrected chi connectivity index (χ4v) is 3.46. The van der Waals surface area contributed by atoms with Crippen LogP contribution >= 0.6 is 11.6 Å². The fraction of sp³-hybridized carbons (Fsp3) is 0.227. The summed E-state index contributed by atoms with van der Waals surface area (Å²) < 4.78 is 5.21. The van der Waals surface area contributed by atoms with Crippen LogP contribution in [0.25, 0.3) is 11.4 Å². The summed E-state index contributed by atoms with van der Waals surface area (Å²) >= 11 is 5.91. The molecular formula is C22H21ClN4O2. The molecule has 1 aliphatic heterocycles. The van der Waals surface area contributed by atoms with Gasteiger partial charge in [0, 0.05) is 54.8 Å². The number of carbonyl (C=O) groups excluding carboxylic acids is 1. The molecule has 0 aliphatic carbocycles. The molecule has 0 saturated carbocycles. The third-order valence-corrected chi connectivity index (χ3v) is 5.26. The monoisotopic (exact) mass is 408 g/mol. The van der Waals surface area contributed by atoms with Crippen LogP contribution in [0.3, 0.4) is 0 Å². The van der Waals surface area contributed by atoms with Gasteiger partial charge in [0.15, 0.2) is 5.82 Å². The van der Waals surface area contributed by atoms with Crippen LogP contribution in [-0.2, 0) is 0 Å². The summed E-state index contributed by atoms with van der Waals surface area (Å²) in [6.07, 6.45) is 3.18. The fourth-order valence-electron chi connectivity index (χ4n) is 3.33. The lowest BCUT2D eigenvalue weighted by atomic mass is 10.2. The smallest absolute Gasteiger partial charge is 0.257 e. The lowest BCUT2D eigenvalue weighted by Gasteiger charge is -2.36. The van der Waals surface area contributed by atoms with E-state index in [0.29, 0.717) is 29.5 Å². The molecule has 0 radical (unpaired) electrons. The van der Waals surface area contributed by atoms with E-state index in [1.54, 1.807) is 31.6 Å². The molecule has 1 saturated heterocycles. The molecule has 148 valence electrons. The van der Waals surface area contributed by atoms with Gasteiger partial charge in [0.25, 0.3) is 5.91 Å². The molecule has 7 heteroatoms. The van der Waals surface area contributed by atoms with Gasteiger partial charge in [0.05, 0.1) is 12.7 Å². The Morgan fingerprint density at radius 3 is 2.14 bits per heavy atom. The first-order valence-electron chi connectivity index (χ1n) is 9.40. The standard InChI is InChI=1S/C22H21ClN4O2/c1-29-20-8-6-19(7-9-20)26-10-12-27(13-11-26)22(28)17-14-24-21(25-15-17)16-2-4-18(23)5-3-16/h2-9,14-15H,10-13H2,1H3. The summed E-state index contributed by atoms with van der Waals surface area (Å²) in [5.41, 5.74) is 2.50. The van der Waals surface area contributed by atoms with E-state index in [2.05, 4.69) is 14.9 Å². The van der Waals surface area contributed by atoms with Crippen LogP contribution in [0.1, 0.15) is 10.4 Å². The zero-order valence-electron chi connectivity index (χ0n) is 16.1. The molecule has 3 aromatic rings. The second-order valence-corrected chi connectivity index (χ2v) is 7.22. The van der Waals surface area contributed by atoms with Crippen molar-refractivity contribution in [1.82, 2.24) is 14.9 Å². The van der Waals surface area contributed by atoms with Crippen LogP contribution in [0, 0.1) is 0 Å². The minimum absolute atomic E-state index is 0.0398. The molecule has 0 N–H and O–H groups in total. The lowest BCUT2D eigenvalue weighted by Crippen LogP contribution is -2.48. The topological polar surface area (TPSA) is 58.6 Å². The molecule has 6 nitrogen and oxygen atoms in total. The van der Waals surface area contributed by atoms with E-state index in [9.17, 15) is 4.79 Å². The summed E-state index contributed by atoms with van der Waals surface area (Å²) in [5.74, 6) is 1.37. The summed E-state index contributed by atoms with van der Waals surface area (Å²) in [5, 5.41) is 0.661. The van der Waals surface area contributed by atoms with Gasteiger partial charge in [-0.25, -0.2) is 9.97 Å². The van der Waals surface area contributed by atoms with Crippen molar-refractivity contribution in [3.8, 4) is 17.1 Å². The number of anilines is 1. The van der Waals surface area contributed by atoms with Crippen molar-refractivity contribution >= 4 is 23.2 Å². The molecule has 0 atom stereocenters. The second kappa shape index (κ2) is 8.49. The number of nitrogens with zero attached hydrogens (tertiary/aromatic N) is 4. The Bertz CT molecular complexity index is 967. The second-order valence-electron chi connectivity index (χ2n) is 6.78. The molecule has 1 amide bonds. The molecule has 0 unspecified atom stereocenters. The number of ether oxygens (including phenoxy) is 1. The lowest BCUT2D eigenvalue weighted by molar-refractivity contribution is 0.0746. The third kappa shape index (κ3) is 4.32. The van der Waals surface area contributed by atoms with Gasteiger partial charge >= 0.3 is 0 Å². The Kier molecular flexibility index (Phi) is 5.62.